The molecule has 1 aromatic heterocycles. The molecule has 1 aromatic rings. The lowest BCUT2D eigenvalue weighted by molar-refractivity contribution is -0.108. The van der Waals surface area contributed by atoms with Crippen molar-refractivity contribution < 1.29 is 4.79 Å². The van der Waals surface area contributed by atoms with Gasteiger partial charge in [-0.05, 0) is 18.7 Å². The Morgan fingerprint density at radius 3 is 3.08 bits per heavy atom. The number of aromatic nitrogens is 1. The molecule has 0 N–H and O–H groups in total. The zero-order valence-electron chi connectivity index (χ0n) is 7.10. The Morgan fingerprint density at radius 1 is 1.67 bits per heavy atom. The van der Waals surface area contributed by atoms with Crippen molar-refractivity contribution in [3.63, 3.8) is 0 Å². The Kier molecular flexibility index (Phi) is 3.41. The minimum atomic E-state index is 0.467. The highest BCUT2D eigenvalue weighted by atomic mass is 16.1. The standard InChI is InChI=1S/C9H12N2O/c1-11(5-6-12)8-9-3-2-4-10-7-9/h2-4,6-7H,5,8H2,1H3. The van der Waals surface area contributed by atoms with Gasteiger partial charge in [0, 0.05) is 18.9 Å². The van der Waals surface area contributed by atoms with Crippen molar-refractivity contribution in [2.24, 2.45) is 0 Å². The Hall–Kier alpha value is -1.22. The van der Waals surface area contributed by atoms with Crippen LogP contribution in [0.3, 0.4) is 0 Å². The van der Waals surface area contributed by atoms with Crippen LogP contribution in [0.5, 0.6) is 0 Å². The second kappa shape index (κ2) is 4.62. The molecular formula is C9H12N2O. The first kappa shape index (κ1) is 8.87. The van der Waals surface area contributed by atoms with Crippen LogP contribution in [-0.4, -0.2) is 29.8 Å². The van der Waals surface area contributed by atoms with Crippen LogP contribution in [0.1, 0.15) is 5.56 Å². The number of hydrogen-bond acceptors (Lipinski definition) is 3. The molecule has 3 nitrogen and oxygen atoms in total. The van der Waals surface area contributed by atoms with Gasteiger partial charge in [-0.25, -0.2) is 0 Å². The quantitative estimate of drug-likeness (QED) is 0.614. The lowest BCUT2D eigenvalue weighted by Crippen LogP contribution is -2.19. The summed E-state index contributed by atoms with van der Waals surface area (Å²) in [4.78, 5) is 16.1. The Balaban J connectivity index is 2.46. The summed E-state index contributed by atoms with van der Waals surface area (Å²) >= 11 is 0. The molecule has 0 saturated carbocycles. The Bertz CT molecular complexity index is 236. The maximum atomic E-state index is 10.1. The van der Waals surface area contributed by atoms with E-state index in [1.165, 1.54) is 0 Å². The van der Waals surface area contributed by atoms with Crippen LogP contribution in [0.25, 0.3) is 0 Å². The van der Waals surface area contributed by atoms with Gasteiger partial charge < -0.3 is 4.79 Å². The van der Waals surface area contributed by atoms with Gasteiger partial charge >= 0.3 is 0 Å². The molecule has 0 aliphatic heterocycles. The predicted molar refractivity (Wildman–Crippen MR) is 46.6 cm³/mol. The van der Waals surface area contributed by atoms with Crippen LogP contribution in [-0.2, 0) is 11.3 Å². The van der Waals surface area contributed by atoms with E-state index in [0.29, 0.717) is 6.54 Å². The lowest BCUT2D eigenvalue weighted by Gasteiger charge is -2.11. The zero-order chi connectivity index (χ0) is 8.81. The topological polar surface area (TPSA) is 33.2 Å². The Labute approximate surface area is 72.0 Å². The predicted octanol–water partition coefficient (Wildman–Crippen LogP) is 0.712. The van der Waals surface area contributed by atoms with E-state index >= 15 is 0 Å². The molecule has 64 valence electrons. The fraction of sp³-hybridized carbons (Fsp3) is 0.333. The molecule has 0 spiro atoms. The summed E-state index contributed by atoms with van der Waals surface area (Å²) in [6, 6.07) is 3.89. The summed E-state index contributed by atoms with van der Waals surface area (Å²) in [5, 5.41) is 0. The maximum absolute atomic E-state index is 10.1. The molecular weight excluding hydrogens is 152 g/mol. The van der Waals surface area contributed by atoms with Gasteiger partial charge in [0.15, 0.2) is 0 Å². The van der Waals surface area contributed by atoms with Crippen LogP contribution in [0.4, 0.5) is 0 Å². The molecule has 1 heterocycles. The Morgan fingerprint density at radius 2 is 2.50 bits per heavy atom. The molecule has 0 aromatic carbocycles. The molecule has 1 rings (SSSR count). The highest BCUT2D eigenvalue weighted by molar-refractivity contribution is 5.51. The van der Waals surface area contributed by atoms with Crippen molar-refractivity contribution in [2.45, 2.75) is 6.54 Å². The summed E-state index contributed by atoms with van der Waals surface area (Å²) in [5.74, 6) is 0. The minimum Gasteiger partial charge on any atom is -0.302 e. The number of hydrogen-bond donors (Lipinski definition) is 0. The van der Waals surface area contributed by atoms with Gasteiger partial charge in [-0.1, -0.05) is 6.07 Å². The number of carbonyl (C=O) groups excluding carboxylic acids is 1. The third-order valence-electron chi connectivity index (χ3n) is 1.56. The van der Waals surface area contributed by atoms with Crippen molar-refractivity contribution in [3.05, 3.63) is 30.1 Å². The highest BCUT2D eigenvalue weighted by Crippen LogP contribution is 1.98. The molecule has 0 aliphatic rings. The van der Waals surface area contributed by atoms with Crippen molar-refractivity contribution >= 4 is 6.29 Å². The number of rotatable bonds is 4. The monoisotopic (exact) mass is 164 g/mol. The summed E-state index contributed by atoms with van der Waals surface area (Å²) < 4.78 is 0. The minimum absolute atomic E-state index is 0.467. The van der Waals surface area contributed by atoms with Gasteiger partial charge in [0.1, 0.15) is 6.29 Å². The smallest absolute Gasteiger partial charge is 0.133 e. The number of carbonyl (C=O) groups is 1. The number of aldehydes is 1. The normalized spacial score (nSPS) is 10.2. The molecule has 0 unspecified atom stereocenters. The van der Waals surface area contributed by atoms with E-state index < -0.39 is 0 Å². The first-order valence-electron chi connectivity index (χ1n) is 3.84. The van der Waals surface area contributed by atoms with Gasteiger partial charge in [-0.3, -0.25) is 9.88 Å². The van der Waals surface area contributed by atoms with Crippen LogP contribution in [0.2, 0.25) is 0 Å². The third kappa shape index (κ3) is 2.80. The van der Waals surface area contributed by atoms with Crippen molar-refractivity contribution in [3.8, 4) is 0 Å². The SMILES string of the molecule is CN(CC=O)Cc1cccnc1. The van der Waals surface area contributed by atoms with E-state index in [1.807, 2.05) is 24.1 Å². The molecule has 0 fully saturated rings. The van der Waals surface area contributed by atoms with E-state index in [9.17, 15) is 4.79 Å². The second-order valence-corrected chi connectivity index (χ2v) is 2.72. The largest absolute Gasteiger partial charge is 0.302 e. The summed E-state index contributed by atoms with van der Waals surface area (Å²) in [6.07, 6.45) is 4.45. The number of likely N-dealkylation sites (N-methyl/N-ethyl adjacent to an activating group) is 1. The average molecular weight is 164 g/mol. The van der Waals surface area contributed by atoms with Gasteiger partial charge in [-0.15, -0.1) is 0 Å². The van der Waals surface area contributed by atoms with E-state index in [1.54, 1.807) is 12.4 Å². The molecule has 12 heavy (non-hydrogen) atoms. The van der Waals surface area contributed by atoms with Crippen LogP contribution in [0, 0.1) is 0 Å². The fourth-order valence-electron chi connectivity index (χ4n) is 0.995. The molecule has 0 saturated heterocycles. The second-order valence-electron chi connectivity index (χ2n) is 2.72. The highest BCUT2D eigenvalue weighted by Gasteiger charge is 1.97. The third-order valence-corrected chi connectivity index (χ3v) is 1.56. The maximum Gasteiger partial charge on any atom is 0.133 e. The number of pyridine rings is 1. The first-order chi connectivity index (χ1) is 5.83. The van der Waals surface area contributed by atoms with Gasteiger partial charge in [0.05, 0.1) is 6.54 Å². The molecule has 0 amide bonds. The lowest BCUT2D eigenvalue weighted by atomic mass is 10.3. The summed E-state index contributed by atoms with van der Waals surface area (Å²) in [6.45, 7) is 1.24. The molecule has 3 heteroatoms. The van der Waals surface area contributed by atoms with E-state index in [-0.39, 0.29) is 0 Å². The van der Waals surface area contributed by atoms with Crippen molar-refractivity contribution in [1.82, 2.24) is 9.88 Å². The van der Waals surface area contributed by atoms with Crippen LogP contribution < -0.4 is 0 Å². The molecule has 0 atom stereocenters. The van der Waals surface area contributed by atoms with Gasteiger partial charge in [-0.2, -0.15) is 0 Å². The number of nitrogens with zero attached hydrogens (tertiary/aromatic N) is 2. The summed E-state index contributed by atoms with van der Waals surface area (Å²) in [5.41, 5.74) is 1.13. The van der Waals surface area contributed by atoms with Gasteiger partial charge in [0.25, 0.3) is 0 Å². The van der Waals surface area contributed by atoms with Crippen LogP contribution in [0.15, 0.2) is 24.5 Å². The van der Waals surface area contributed by atoms with E-state index in [4.69, 9.17) is 0 Å². The summed E-state index contributed by atoms with van der Waals surface area (Å²) in [7, 11) is 1.90. The molecule has 0 radical (unpaired) electrons. The fourth-order valence-corrected chi connectivity index (χ4v) is 0.995. The van der Waals surface area contributed by atoms with E-state index in [2.05, 4.69) is 4.98 Å². The van der Waals surface area contributed by atoms with Crippen LogP contribution >= 0.6 is 0 Å². The molecule has 0 bridgehead atoms. The average Bonchev–Trinajstić information content (AvgIpc) is 2.06. The van der Waals surface area contributed by atoms with E-state index in [0.717, 1.165) is 18.4 Å². The first-order valence-corrected chi connectivity index (χ1v) is 3.84. The van der Waals surface area contributed by atoms with Gasteiger partial charge in [0.2, 0.25) is 0 Å². The molecule has 0 aliphatic carbocycles. The van der Waals surface area contributed by atoms with Crippen molar-refractivity contribution in [2.75, 3.05) is 13.6 Å². The zero-order valence-corrected chi connectivity index (χ0v) is 7.10. The van der Waals surface area contributed by atoms with Crippen molar-refractivity contribution in [1.29, 1.82) is 0 Å².